The number of carbonyl (C=O) groups excluding carboxylic acids is 3. The predicted octanol–water partition coefficient (Wildman–Crippen LogP) is 5.50. The molecule has 2 amide bonds. The Labute approximate surface area is 245 Å². The summed E-state index contributed by atoms with van der Waals surface area (Å²) in [5, 5.41) is 6.30. The maximum atomic E-state index is 13.2. The molecule has 0 saturated heterocycles. The normalized spacial score (nSPS) is 13.3. The number of nitrogens with zero attached hydrogens (tertiary/aromatic N) is 2. The third-order valence-electron chi connectivity index (χ3n) is 7.10. The van der Waals surface area contributed by atoms with Crippen LogP contribution in [0.4, 0.5) is 17.1 Å². The van der Waals surface area contributed by atoms with Crippen molar-refractivity contribution in [3.05, 3.63) is 125 Å². The molecule has 5 rings (SSSR count). The molecule has 0 spiro atoms. The first-order valence-electron chi connectivity index (χ1n) is 13.5. The van der Waals surface area contributed by atoms with Gasteiger partial charge in [-0.3, -0.25) is 14.5 Å². The number of rotatable bonds is 9. The van der Waals surface area contributed by atoms with Crippen LogP contribution < -0.4 is 15.5 Å². The smallest absolute Gasteiger partial charge is 0.337 e. The summed E-state index contributed by atoms with van der Waals surface area (Å²) in [6.07, 6.45) is 0. The molecule has 1 heterocycles. The largest absolute Gasteiger partial charge is 0.465 e. The zero-order chi connectivity index (χ0) is 29.6. The van der Waals surface area contributed by atoms with Gasteiger partial charge in [0.05, 0.1) is 36.2 Å². The number of esters is 1. The van der Waals surface area contributed by atoms with Crippen molar-refractivity contribution in [3.63, 3.8) is 0 Å². The van der Waals surface area contributed by atoms with E-state index in [0.717, 1.165) is 22.5 Å². The molecule has 8 heteroatoms. The van der Waals surface area contributed by atoms with Gasteiger partial charge in [-0.2, -0.15) is 0 Å². The summed E-state index contributed by atoms with van der Waals surface area (Å²) in [6, 6.07) is 32.1. The van der Waals surface area contributed by atoms with Crippen LogP contribution in [-0.4, -0.2) is 50.4 Å². The van der Waals surface area contributed by atoms with Crippen molar-refractivity contribution < 1.29 is 19.1 Å². The van der Waals surface area contributed by atoms with E-state index in [1.54, 1.807) is 30.1 Å². The van der Waals surface area contributed by atoms with Gasteiger partial charge in [0, 0.05) is 30.5 Å². The van der Waals surface area contributed by atoms with E-state index in [1.807, 2.05) is 96.9 Å². The molecule has 0 fully saturated rings. The molecule has 2 N–H and O–H groups in total. The molecule has 42 heavy (non-hydrogen) atoms. The third-order valence-corrected chi connectivity index (χ3v) is 7.10. The van der Waals surface area contributed by atoms with Gasteiger partial charge in [-0.15, -0.1) is 0 Å². The number of fused-ring (bicyclic) bond motifs is 1. The summed E-state index contributed by atoms with van der Waals surface area (Å²) in [4.78, 5) is 41.9. The van der Waals surface area contributed by atoms with Crippen LogP contribution in [0.2, 0.25) is 0 Å². The topological polar surface area (TPSA) is 91.0 Å². The zero-order valence-corrected chi connectivity index (χ0v) is 23.8. The number of carbonyl (C=O) groups is 3. The highest BCUT2D eigenvalue weighted by Crippen LogP contribution is 2.38. The second kappa shape index (κ2) is 12.5. The van der Waals surface area contributed by atoms with Gasteiger partial charge in [-0.25, -0.2) is 4.79 Å². The molecule has 0 bridgehead atoms. The minimum Gasteiger partial charge on any atom is -0.465 e. The van der Waals surface area contributed by atoms with E-state index in [9.17, 15) is 14.4 Å². The molecule has 212 valence electrons. The lowest BCUT2D eigenvalue weighted by Gasteiger charge is -2.22. The molecule has 8 nitrogen and oxygen atoms in total. The van der Waals surface area contributed by atoms with Crippen LogP contribution in [0, 0.1) is 0 Å². The van der Waals surface area contributed by atoms with Crippen LogP contribution in [0.1, 0.15) is 27.0 Å². The lowest BCUT2D eigenvalue weighted by Crippen LogP contribution is -2.36. The standard InChI is InChI=1S/C34H32N4O4/c1-37(21-23-10-6-4-7-11-23)22-30(39)38(2)27-17-15-26(16-18-27)35-32(24-12-8-5-9-13-24)31-28-19-14-25(34(41)42-3)20-29(28)36-33(31)40/h4-20,35H,21-22H2,1-3H3,(H,36,40). The van der Waals surface area contributed by atoms with Gasteiger partial charge < -0.3 is 20.3 Å². The molecule has 4 aromatic carbocycles. The van der Waals surface area contributed by atoms with Crippen LogP contribution in [0.3, 0.4) is 0 Å². The molecular formula is C34H32N4O4. The van der Waals surface area contributed by atoms with E-state index in [2.05, 4.69) is 10.6 Å². The van der Waals surface area contributed by atoms with Crippen LogP contribution in [0.5, 0.6) is 0 Å². The number of hydrogen-bond donors (Lipinski definition) is 2. The second-order valence-electron chi connectivity index (χ2n) is 10.1. The molecule has 1 aliphatic rings. The Balaban J connectivity index is 1.37. The maximum absolute atomic E-state index is 13.2. The number of anilines is 3. The Hall–Kier alpha value is -5.21. The van der Waals surface area contributed by atoms with Crippen molar-refractivity contribution in [1.29, 1.82) is 0 Å². The van der Waals surface area contributed by atoms with Gasteiger partial charge >= 0.3 is 5.97 Å². The summed E-state index contributed by atoms with van der Waals surface area (Å²) in [5.41, 5.74) is 6.14. The Morgan fingerprint density at radius 3 is 2.17 bits per heavy atom. The number of nitrogens with one attached hydrogen (secondary N) is 2. The number of hydrogen-bond acceptors (Lipinski definition) is 6. The van der Waals surface area contributed by atoms with Gasteiger partial charge in [0.25, 0.3) is 5.91 Å². The molecule has 0 radical (unpaired) electrons. The monoisotopic (exact) mass is 560 g/mol. The summed E-state index contributed by atoms with van der Waals surface area (Å²) < 4.78 is 4.83. The molecular weight excluding hydrogens is 528 g/mol. The van der Waals surface area contributed by atoms with E-state index in [0.29, 0.717) is 34.6 Å². The first-order chi connectivity index (χ1) is 20.3. The highest BCUT2D eigenvalue weighted by atomic mass is 16.5. The van der Waals surface area contributed by atoms with Gasteiger partial charge in [-0.1, -0.05) is 66.7 Å². The van der Waals surface area contributed by atoms with Crippen molar-refractivity contribution in [2.24, 2.45) is 0 Å². The van der Waals surface area contributed by atoms with Gasteiger partial charge in [0.2, 0.25) is 5.91 Å². The number of likely N-dealkylation sites (N-methyl/N-ethyl adjacent to an activating group) is 2. The highest BCUT2D eigenvalue weighted by molar-refractivity contribution is 6.37. The van der Waals surface area contributed by atoms with Gasteiger partial charge in [0.15, 0.2) is 0 Å². The minimum absolute atomic E-state index is 0.0215. The Morgan fingerprint density at radius 2 is 1.50 bits per heavy atom. The summed E-state index contributed by atoms with van der Waals surface area (Å²) in [5.74, 6) is -0.774. The lowest BCUT2D eigenvalue weighted by atomic mass is 9.99. The van der Waals surface area contributed by atoms with Crippen molar-refractivity contribution in [2.45, 2.75) is 6.54 Å². The van der Waals surface area contributed by atoms with Crippen molar-refractivity contribution >= 4 is 46.1 Å². The summed E-state index contributed by atoms with van der Waals surface area (Å²) in [7, 11) is 5.01. The zero-order valence-electron chi connectivity index (χ0n) is 23.8. The number of methoxy groups -OCH3 is 1. The molecule has 0 aliphatic carbocycles. The Kier molecular flexibility index (Phi) is 8.45. The number of amides is 2. The lowest BCUT2D eigenvalue weighted by molar-refractivity contribution is -0.119. The maximum Gasteiger partial charge on any atom is 0.337 e. The van der Waals surface area contributed by atoms with Crippen LogP contribution in [0.15, 0.2) is 103 Å². The fourth-order valence-corrected chi connectivity index (χ4v) is 4.89. The van der Waals surface area contributed by atoms with Crippen LogP contribution >= 0.6 is 0 Å². The van der Waals surface area contributed by atoms with Crippen molar-refractivity contribution in [2.75, 3.05) is 43.3 Å². The molecule has 1 aliphatic heterocycles. The third kappa shape index (κ3) is 6.24. The van der Waals surface area contributed by atoms with Gasteiger partial charge in [-0.05, 0) is 54.6 Å². The molecule has 0 aromatic heterocycles. The quantitative estimate of drug-likeness (QED) is 0.208. The average molecular weight is 561 g/mol. The molecule has 0 unspecified atom stereocenters. The second-order valence-corrected chi connectivity index (χ2v) is 10.1. The summed E-state index contributed by atoms with van der Waals surface area (Å²) >= 11 is 0. The van der Waals surface area contributed by atoms with Crippen molar-refractivity contribution in [1.82, 2.24) is 4.90 Å². The Bertz CT molecular complexity index is 1630. The van der Waals surface area contributed by atoms with Crippen LogP contribution in [0.25, 0.3) is 11.3 Å². The fraction of sp³-hybridized carbons (Fsp3) is 0.147. The van der Waals surface area contributed by atoms with E-state index < -0.39 is 5.97 Å². The first kappa shape index (κ1) is 28.3. The number of ether oxygens (including phenoxy) is 1. The van der Waals surface area contributed by atoms with Crippen molar-refractivity contribution in [3.8, 4) is 0 Å². The highest BCUT2D eigenvalue weighted by Gasteiger charge is 2.29. The molecule has 4 aromatic rings. The van der Waals surface area contributed by atoms with Crippen LogP contribution in [-0.2, 0) is 20.9 Å². The summed E-state index contributed by atoms with van der Waals surface area (Å²) in [6.45, 7) is 0.961. The van der Waals surface area contributed by atoms with Gasteiger partial charge in [0.1, 0.15) is 0 Å². The fourth-order valence-electron chi connectivity index (χ4n) is 4.89. The van der Waals surface area contributed by atoms with E-state index >= 15 is 0 Å². The first-order valence-corrected chi connectivity index (χ1v) is 13.5. The SMILES string of the molecule is COC(=O)c1ccc2c(c1)NC(=O)C2=C(Nc1ccc(N(C)C(=O)CN(C)Cc2ccccc2)cc1)c1ccccc1. The van der Waals surface area contributed by atoms with E-state index in [4.69, 9.17) is 4.74 Å². The van der Waals surface area contributed by atoms with E-state index in [1.165, 1.54) is 7.11 Å². The predicted molar refractivity (Wildman–Crippen MR) is 166 cm³/mol. The Morgan fingerprint density at radius 1 is 0.833 bits per heavy atom. The average Bonchev–Trinajstić information content (AvgIpc) is 3.34. The van der Waals surface area contributed by atoms with E-state index in [-0.39, 0.29) is 18.4 Å². The number of benzene rings is 4. The molecule has 0 atom stereocenters. The molecule has 0 saturated carbocycles. The minimum atomic E-state index is -0.475.